The van der Waals surface area contributed by atoms with E-state index in [1.165, 1.54) is 124 Å². The van der Waals surface area contributed by atoms with E-state index in [2.05, 4.69) is 241 Å². The number of thiophene rings is 1. The molecule has 0 fully saturated rings. The van der Waals surface area contributed by atoms with Crippen molar-refractivity contribution in [1.82, 2.24) is 0 Å². The minimum atomic E-state index is -0.000183. The Bertz CT molecular complexity index is 3560. The summed E-state index contributed by atoms with van der Waals surface area (Å²) in [5.41, 5.74) is 22.6. The highest BCUT2D eigenvalue weighted by atomic mass is 32.1. The molecule has 4 aliphatic rings. The lowest BCUT2D eigenvalue weighted by Gasteiger charge is -2.48. The average Bonchev–Trinajstić information content (AvgIpc) is 3.74. The van der Waals surface area contributed by atoms with E-state index in [-0.39, 0.29) is 28.4 Å². The summed E-state index contributed by atoms with van der Waals surface area (Å²) in [6, 6.07) is 62.9. The van der Waals surface area contributed by atoms with Crippen molar-refractivity contribution in [3.63, 3.8) is 0 Å². The average molecular weight is 928 g/mol. The van der Waals surface area contributed by atoms with Crippen LogP contribution in [0.5, 0.6) is 0 Å². The van der Waals surface area contributed by atoms with Crippen LogP contribution in [0.4, 0.5) is 51.2 Å². The molecule has 0 N–H and O–H groups in total. The van der Waals surface area contributed by atoms with E-state index in [1.807, 2.05) is 11.3 Å². The largest absolute Gasteiger partial charge is 0.311 e. The highest BCUT2D eigenvalue weighted by Gasteiger charge is 2.47. The molecule has 0 bridgehead atoms. The number of anilines is 9. The van der Waals surface area contributed by atoms with Gasteiger partial charge in [0, 0.05) is 61.0 Å². The number of rotatable bonds is 5. The molecule has 0 saturated heterocycles. The Labute approximate surface area is 419 Å². The van der Waals surface area contributed by atoms with Crippen LogP contribution in [-0.4, -0.2) is 6.71 Å². The molecule has 0 unspecified atom stereocenters. The van der Waals surface area contributed by atoms with Crippen LogP contribution < -0.4 is 31.1 Å². The number of hydrogen-bond donors (Lipinski definition) is 0. The number of aryl methyl sites for hydroxylation is 1. The summed E-state index contributed by atoms with van der Waals surface area (Å²) < 4.78 is 2.62. The standard InChI is InChI=1S/C65H62BN3S/c1-41-35-57-60-58(36-41)69(54-25-18-24-47-46-23-16-17-26-59(46)70-61(47)54)55-38-45(67(42-19-12-10-13-20-42)43-21-14-11-15-22-43)28-30-52(55)66(60)53-39-50-51(65(8,9)34-33-64(50,6)7)40-56(53)68(57)44-27-29-48-49(37-44)63(4,5)32-31-62(48,2)3/h10-30,35-40H,31-34H2,1-9H3. The molecule has 3 nitrogen and oxygen atoms in total. The van der Waals surface area contributed by atoms with Gasteiger partial charge in [-0.1, -0.05) is 140 Å². The molecule has 0 amide bonds. The van der Waals surface area contributed by atoms with E-state index in [0.29, 0.717) is 0 Å². The zero-order chi connectivity index (χ0) is 48.1. The fourth-order valence-electron chi connectivity index (χ4n) is 13.1. The second-order valence-corrected chi connectivity index (χ2v) is 24.6. The second-order valence-electron chi connectivity index (χ2n) is 23.5. The maximum atomic E-state index is 2.69. The summed E-state index contributed by atoms with van der Waals surface area (Å²) in [6.07, 6.45) is 4.70. The minimum Gasteiger partial charge on any atom is -0.311 e. The molecule has 0 spiro atoms. The van der Waals surface area contributed by atoms with Crippen LogP contribution >= 0.6 is 11.3 Å². The highest BCUT2D eigenvalue weighted by Crippen LogP contribution is 2.54. The zero-order valence-corrected chi connectivity index (χ0v) is 43.1. The van der Waals surface area contributed by atoms with Crippen molar-refractivity contribution < 1.29 is 0 Å². The first kappa shape index (κ1) is 43.5. The van der Waals surface area contributed by atoms with Crippen molar-refractivity contribution in [2.75, 3.05) is 14.7 Å². The van der Waals surface area contributed by atoms with Gasteiger partial charge in [-0.3, -0.25) is 0 Å². The molecule has 8 aromatic carbocycles. The van der Waals surface area contributed by atoms with Gasteiger partial charge in [0.05, 0.1) is 10.4 Å². The summed E-state index contributed by atoms with van der Waals surface area (Å²) >= 11 is 1.92. The molecule has 346 valence electrons. The lowest BCUT2D eigenvalue weighted by molar-refractivity contribution is 0.332. The van der Waals surface area contributed by atoms with Crippen LogP contribution in [-0.2, 0) is 21.7 Å². The summed E-state index contributed by atoms with van der Waals surface area (Å²) in [5, 5.41) is 2.62. The Hall–Kier alpha value is -6.56. The van der Waals surface area contributed by atoms with Gasteiger partial charge in [-0.15, -0.1) is 11.3 Å². The Morgan fingerprint density at radius 1 is 0.429 bits per heavy atom. The van der Waals surface area contributed by atoms with Crippen molar-refractivity contribution in [3.8, 4) is 0 Å². The van der Waals surface area contributed by atoms with Crippen LogP contribution in [0.3, 0.4) is 0 Å². The lowest BCUT2D eigenvalue weighted by Crippen LogP contribution is -2.62. The molecule has 3 heterocycles. The van der Waals surface area contributed by atoms with Crippen LogP contribution in [0.2, 0.25) is 0 Å². The Kier molecular flexibility index (Phi) is 9.45. The SMILES string of the molecule is Cc1cc2c3c(c1)N(c1cccc4c1sc1ccccc14)c1cc(N(c4ccccc4)c4ccccc4)ccc1B3c1cc3c(cc1N2c1ccc2c(c1)C(C)(C)CCC2(C)C)C(C)(C)CCC3(C)C. The van der Waals surface area contributed by atoms with Crippen molar-refractivity contribution >= 4 is 106 Å². The van der Waals surface area contributed by atoms with E-state index in [4.69, 9.17) is 0 Å². The molecule has 0 atom stereocenters. The number of nitrogens with zero attached hydrogens (tertiary/aromatic N) is 3. The summed E-state index contributed by atoms with van der Waals surface area (Å²) in [7, 11) is 0. The topological polar surface area (TPSA) is 9.72 Å². The van der Waals surface area contributed by atoms with Gasteiger partial charge in [-0.25, -0.2) is 0 Å². The van der Waals surface area contributed by atoms with E-state index in [1.54, 1.807) is 0 Å². The van der Waals surface area contributed by atoms with Gasteiger partial charge >= 0.3 is 0 Å². The first-order valence-electron chi connectivity index (χ1n) is 25.6. The number of benzene rings is 8. The maximum absolute atomic E-state index is 2.69. The second kappa shape index (κ2) is 15.2. The van der Waals surface area contributed by atoms with Crippen LogP contribution in [0, 0.1) is 6.92 Å². The van der Waals surface area contributed by atoms with Gasteiger partial charge in [0.2, 0.25) is 0 Å². The third kappa shape index (κ3) is 6.46. The smallest absolute Gasteiger partial charge is 0.252 e. The van der Waals surface area contributed by atoms with Crippen molar-refractivity contribution in [3.05, 3.63) is 192 Å². The minimum absolute atomic E-state index is 0.000183. The third-order valence-electron chi connectivity index (χ3n) is 17.2. The summed E-state index contributed by atoms with van der Waals surface area (Å²) in [4.78, 5) is 7.77. The van der Waals surface area contributed by atoms with Crippen LogP contribution in [0.25, 0.3) is 20.2 Å². The number of fused-ring (bicyclic) bond motifs is 9. The van der Waals surface area contributed by atoms with Gasteiger partial charge in [-0.05, 0) is 177 Å². The van der Waals surface area contributed by atoms with Crippen LogP contribution in [0.1, 0.15) is 109 Å². The van der Waals surface area contributed by atoms with Crippen molar-refractivity contribution in [2.24, 2.45) is 0 Å². The van der Waals surface area contributed by atoms with E-state index >= 15 is 0 Å². The fraction of sp³-hybridized carbons (Fsp3) is 0.262. The monoisotopic (exact) mass is 927 g/mol. The Morgan fingerprint density at radius 2 is 0.986 bits per heavy atom. The predicted octanol–water partition coefficient (Wildman–Crippen LogP) is 16.6. The normalized spacial score (nSPS) is 17.6. The molecule has 2 aliphatic heterocycles. The Balaban J connectivity index is 1.14. The molecule has 5 heteroatoms. The van der Waals surface area contributed by atoms with E-state index in [0.717, 1.165) is 17.1 Å². The first-order chi connectivity index (χ1) is 33.6. The quantitative estimate of drug-likeness (QED) is 0.159. The van der Waals surface area contributed by atoms with Gasteiger partial charge in [-0.2, -0.15) is 0 Å². The molecular formula is C65H62BN3S. The lowest BCUT2D eigenvalue weighted by atomic mass is 9.33. The van der Waals surface area contributed by atoms with Crippen molar-refractivity contribution in [2.45, 2.75) is 110 Å². The van der Waals surface area contributed by atoms with Gasteiger partial charge < -0.3 is 14.7 Å². The molecule has 9 aromatic rings. The third-order valence-corrected chi connectivity index (χ3v) is 18.4. The molecule has 0 saturated carbocycles. The summed E-state index contributed by atoms with van der Waals surface area (Å²) in [5.74, 6) is 0. The van der Waals surface area contributed by atoms with Gasteiger partial charge in [0.25, 0.3) is 6.71 Å². The molecule has 0 radical (unpaired) electrons. The van der Waals surface area contributed by atoms with E-state index in [9.17, 15) is 0 Å². The fourth-order valence-corrected chi connectivity index (χ4v) is 14.3. The maximum Gasteiger partial charge on any atom is 0.252 e. The predicted molar refractivity (Wildman–Crippen MR) is 303 cm³/mol. The number of hydrogen-bond acceptors (Lipinski definition) is 4. The van der Waals surface area contributed by atoms with Crippen LogP contribution in [0.15, 0.2) is 164 Å². The number of para-hydroxylation sites is 2. The molecule has 1 aromatic heterocycles. The molecule has 2 aliphatic carbocycles. The Morgan fingerprint density at radius 3 is 1.66 bits per heavy atom. The molecule has 13 rings (SSSR count). The zero-order valence-electron chi connectivity index (χ0n) is 42.2. The van der Waals surface area contributed by atoms with Gasteiger partial charge in [0.1, 0.15) is 0 Å². The first-order valence-corrected chi connectivity index (χ1v) is 26.4. The highest BCUT2D eigenvalue weighted by molar-refractivity contribution is 7.26. The molecular weight excluding hydrogens is 866 g/mol. The molecule has 70 heavy (non-hydrogen) atoms. The van der Waals surface area contributed by atoms with E-state index < -0.39 is 0 Å². The van der Waals surface area contributed by atoms with Crippen molar-refractivity contribution in [1.29, 1.82) is 0 Å². The summed E-state index contributed by atoms with van der Waals surface area (Å²) in [6.45, 7) is 22.1. The van der Waals surface area contributed by atoms with Gasteiger partial charge in [0.15, 0.2) is 0 Å².